The minimum atomic E-state index is 0.123. The highest BCUT2D eigenvalue weighted by molar-refractivity contribution is 6.08. The summed E-state index contributed by atoms with van der Waals surface area (Å²) in [6.45, 7) is 2.42. The Labute approximate surface area is 139 Å². The van der Waals surface area contributed by atoms with Gasteiger partial charge >= 0.3 is 0 Å². The number of rotatable bonds is 5. The van der Waals surface area contributed by atoms with Gasteiger partial charge in [-0.2, -0.15) is 5.10 Å². The summed E-state index contributed by atoms with van der Waals surface area (Å²) >= 11 is 0. The van der Waals surface area contributed by atoms with Crippen molar-refractivity contribution in [3.8, 4) is 5.88 Å². The van der Waals surface area contributed by atoms with Crippen LogP contribution in [-0.2, 0) is 25.7 Å². The second kappa shape index (κ2) is 7.60. The van der Waals surface area contributed by atoms with Crippen LogP contribution < -0.4 is 4.74 Å². The average molecular weight is 307 g/mol. The van der Waals surface area contributed by atoms with Gasteiger partial charge in [-0.1, -0.05) is 18.2 Å². The van der Waals surface area contributed by atoms with Gasteiger partial charge in [0.15, 0.2) is 0 Å². The van der Waals surface area contributed by atoms with Crippen LogP contribution in [0.2, 0.25) is 0 Å². The number of fused-ring (bicyclic) bond motifs is 1. The van der Waals surface area contributed by atoms with Crippen LogP contribution in [0.3, 0.4) is 0 Å². The molecule has 3 rings (SSSR count). The molecule has 0 N–H and O–H groups in total. The van der Waals surface area contributed by atoms with E-state index in [4.69, 9.17) is 12.6 Å². The molecule has 2 aromatic rings. The van der Waals surface area contributed by atoms with E-state index in [-0.39, 0.29) is 6.51 Å². The average Bonchev–Trinajstić information content (AvgIpc) is 2.76. The van der Waals surface area contributed by atoms with Crippen molar-refractivity contribution in [3.05, 3.63) is 52.7 Å². The second-order valence-electron chi connectivity index (χ2n) is 6.08. The summed E-state index contributed by atoms with van der Waals surface area (Å²) in [4.78, 5) is 2.40. The Bertz CT molecular complexity index is 645. The summed E-state index contributed by atoms with van der Waals surface area (Å²) in [5, 5.41) is 8.20. The van der Waals surface area contributed by atoms with Crippen LogP contribution in [0.5, 0.6) is 5.88 Å². The molecule has 1 aromatic heterocycles. The Morgan fingerprint density at radius 2 is 1.87 bits per heavy atom. The first-order valence-corrected chi connectivity index (χ1v) is 8.19. The van der Waals surface area contributed by atoms with Crippen LogP contribution in [-0.4, -0.2) is 49.6 Å². The van der Waals surface area contributed by atoms with Gasteiger partial charge < -0.3 is 9.64 Å². The molecular formula is C18H22BN3O. The van der Waals surface area contributed by atoms with E-state index < -0.39 is 0 Å². The SMILES string of the molecule is [B]COc1ccc(CCc2ccc3c(c2)CCN(C)CC3)nn1. The van der Waals surface area contributed by atoms with Crippen LogP contribution in [0.1, 0.15) is 22.4 Å². The molecule has 4 nitrogen and oxygen atoms in total. The fraction of sp³-hybridized carbons (Fsp3) is 0.444. The zero-order valence-corrected chi connectivity index (χ0v) is 13.7. The fourth-order valence-corrected chi connectivity index (χ4v) is 2.96. The van der Waals surface area contributed by atoms with Crippen molar-refractivity contribution in [2.75, 3.05) is 26.6 Å². The molecule has 0 bridgehead atoms. The molecule has 118 valence electrons. The molecule has 2 radical (unpaired) electrons. The Hall–Kier alpha value is -1.88. The van der Waals surface area contributed by atoms with E-state index in [1.807, 2.05) is 12.1 Å². The summed E-state index contributed by atoms with van der Waals surface area (Å²) in [5.41, 5.74) is 5.35. The minimum Gasteiger partial charge on any atom is -0.487 e. The fourth-order valence-electron chi connectivity index (χ4n) is 2.96. The molecule has 1 aliphatic heterocycles. The number of hydrogen-bond donors (Lipinski definition) is 0. The quantitative estimate of drug-likeness (QED) is 0.790. The highest BCUT2D eigenvalue weighted by Gasteiger charge is 2.11. The summed E-state index contributed by atoms with van der Waals surface area (Å²) in [6, 6.07) is 10.7. The van der Waals surface area contributed by atoms with Gasteiger partial charge in [0.05, 0.1) is 5.69 Å². The standard InChI is InChI=1S/C18H22BN3O/c1-22-10-8-15-4-2-14(12-16(15)9-11-22)3-5-17-6-7-18(21-20-17)23-13-19/h2,4,6-7,12H,3,5,8-11,13H2,1H3. The van der Waals surface area contributed by atoms with Gasteiger partial charge in [0.25, 0.3) is 0 Å². The van der Waals surface area contributed by atoms with E-state index in [1.54, 1.807) is 0 Å². The minimum absolute atomic E-state index is 0.123. The van der Waals surface area contributed by atoms with Gasteiger partial charge in [-0.05, 0) is 55.5 Å². The Balaban J connectivity index is 1.62. The first-order chi connectivity index (χ1) is 11.2. The Kier molecular flexibility index (Phi) is 5.29. The predicted octanol–water partition coefficient (Wildman–Crippen LogP) is 1.80. The number of aryl methyl sites for hydroxylation is 2. The predicted molar refractivity (Wildman–Crippen MR) is 92.0 cm³/mol. The van der Waals surface area contributed by atoms with E-state index in [2.05, 4.69) is 40.3 Å². The number of ether oxygens (including phenoxy) is 1. The lowest BCUT2D eigenvalue weighted by Crippen LogP contribution is -2.20. The number of likely N-dealkylation sites (N-methyl/N-ethyl adjacent to an activating group) is 1. The summed E-state index contributed by atoms with van der Waals surface area (Å²) < 4.78 is 5.11. The van der Waals surface area contributed by atoms with E-state index in [0.717, 1.165) is 44.5 Å². The molecule has 0 saturated carbocycles. The Morgan fingerprint density at radius 1 is 1.04 bits per heavy atom. The van der Waals surface area contributed by atoms with Crippen LogP contribution >= 0.6 is 0 Å². The number of hydrogen-bond acceptors (Lipinski definition) is 4. The maximum absolute atomic E-state index is 5.32. The van der Waals surface area contributed by atoms with Gasteiger partial charge in [0, 0.05) is 25.7 Å². The third kappa shape index (κ3) is 4.32. The van der Waals surface area contributed by atoms with Gasteiger partial charge in [-0.25, -0.2) is 0 Å². The van der Waals surface area contributed by atoms with Crippen molar-refractivity contribution in [3.63, 3.8) is 0 Å². The molecule has 0 spiro atoms. The summed E-state index contributed by atoms with van der Waals surface area (Å²) in [7, 11) is 7.51. The molecule has 2 heterocycles. The van der Waals surface area contributed by atoms with Crippen molar-refractivity contribution < 1.29 is 4.74 Å². The van der Waals surface area contributed by atoms with Crippen molar-refractivity contribution in [1.82, 2.24) is 15.1 Å². The summed E-state index contributed by atoms with van der Waals surface area (Å²) in [6.07, 6.45) is 4.16. The highest BCUT2D eigenvalue weighted by atomic mass is 16.5. The molecule has 5 heteroatoms. The molecule has 0 amide bonds. The second-order valence-corrected chi connectivity index (χ2v) is 6.08. The molecule has 23 heavy (non-hydrogen) atoms. The number of aromatic nitrogens is 2. The van der Waals surface area contributed by atoms with Crippen LogP contribution in [0.15, 0.2) is 30.3 Å². The van der Waals surface area contributed by atoms with Crippen molar-refractivity contribution in [1.29, 1.82) is 0 Å². The third-order valence-electron chi connectivity index (χ3n) is 4.39. The third-order valence-corrected chi connectivity index (χ3v) is 4.39. The zero-order chi connectivity index (χ0) is 16.1. The van der Waals surface area contributed by atoms with Gasteiger partial charge in [-0.15, -0.1) is 5.10 Å². The maximum atomic E-state index is 5.32. The van der Waals surface area contributed by atoms with Crippen molar-refractivity contribution >= 4 is 7.85 Å². The highest BCUT2D eigenvalue weighted by Crippen LogP contribution is 2.18. The van der Waals surface area contributed by atoms with Gasteiger partial charge in [0.2, 0.25) is 5.88 Å². The Morgan fingerprint density at radius 3 is 2.61 bits per heavy atom. The van der Waals surface area contributed by atoms with Crippen molar-refractivity contribution in [2.24, 2.45) is 0 Å². The van der Waals surface area contributed by atoms with E-state index in [1.165, 1.54) is 16.7 Å². The van der Waals surface area contributed by atoms with Crippen LogP contribution in [0, 0.1) is 0 Å². The maximum Gasteiger partial charge on any atom is 0.232 e. The van der Waals surface area contributed by atoms with Gasteiger partial charge in [0.1, 0.15) is 7.85 Å². The zero-order valence-electron chi connectivity index (χ0n) is 13.7. The van der Waals surface area contributed by atoms with E-state index in [9.17, 15) is 0 Å². The van der Waals surface area contributed by atoms with E-state index >= 15 is 0 Å². The van der Waals surface area contributed by atoms with E-state index in [0.29, 0.717) is 5.88 Å². The lowest BCUT2D eigenvalue weighted by Gasteiger charge is -2.10. The molecule has 1 aliphatic rings. The number of benzene rings is 1. The summed E-state index contributed by atoms with van der Waals surface area (Å²) in [5.74, 6) is 0.477. The first-order valence-electron chi connectivity index (χ1n) is 8.19. The molecule has 0 fully saturated rings. The van der Waals surface area contributed by atoms with Crippen LogP contribution in [0.25, 0.3) is 0 Å². The lowest BCUT2D eigenvalue weighted by molar-refractivity contribution is 0.352. The topological polar surface area (TPSA) is 38.2 Å². The molecular weight excluding hydrogens is 285 g/mol. The van der Waals surface area contributed by atoms with Gasteiger partial charge in [-0.3, -0.25) is 0 Å². The van der Waals surface area contributed by atoms with Crippen molar-refractivity contribution in [2.45, 2.75) is 25.7 Å². The smallest absolute Gasteiger partial charge is 0.232 e. The molecule has 0 unspecified atom stereocenters. The first kappa shape index (κ1) is 16.0. The molecule has 0 aliphatic carbocycles. The molecule has 1 aromatic carbocycles. The normalized spacial score (nSPS) is 15.0. The monoisotopic (exact) mass is 307 g/mol. The largest absolute Gasteiger partial charge is 0.487 e. The lowest BCUT2D eigenvalue weighted by atomic mass is 9.98. The number of nitrogens with zero attached hydrogens (tertiary/aromatic N) is 3. The van der Waals surface area contributed by atoms with Crippen LogP contribution in [0.4, 0.5) is 0 Å². The molecule has 0 saturated heterocycles. The molecule has 0 atom stereocenters.